The van der Waals surface area contributed by atoms with Crippen LogP contribution in [0.5, 0.6) is 0 Å². The zero-order valence-electron chi connectivity index (χ0n) is 16.9. The molecule has 2 unspecified atom stereocenters. The van der Waals surface area contributed by atoms with Crippen molar-refractivity contribution < 1.29 is 9.84 Å². The van der Waals surface area contributed by atoms with Crippen LogP contribution >= 0.6 is 11.6 Å². The predicted octanol–water partition coefficient (Wildman–Crippen LogP) is 3.95. The van der Waals surface area contributed by atoms with Crippen LogP contribution in [0.1, 0.15) is 24.0 Å². The second-order valence-corrected chi connectivity index (χ2v) is 8.16. The first kappa shape index (κ1) is 21.1. The normalized spacial score (nSPS) is 17.5. The Balaban J connectivity index is 1.38. The van der Waals surface area contributed by atoms with Crippen LogP contribution in [0.25, 0.3) is 0 Å². The van der Waals surface area contributed by atoms with Gasteiger partial charge in [-0.3, -0.25) is 4.90 Å². The molecule has 4 nitrogen and oxygen atoms in total. The summed E-state index contributed by atoms with van der Waals surface area (Å²) in [4.78, 5) is 4.69. The van der Waals surface area contributed by atoms with Crippen LogP contribution in [-0.4, -0.2) is 62.0 Å². The third-order valence-corrected chi connectivity index (χ3v) is 5.63. The Morgan fingerprint density at radius 2 is 1.75 bits per heavy atom. The van der Waals surface area contributed by atoms with Crippen molar-refractivity contribution in [2.24, 2.45) is 0 Å². The van der Waals surface area contributed by atoms with E-state index in [1.807, 2.05) is 30.3 Å². The Labute approximate surface area is 173 Å². The van der Waals surface area contributed by atoms with Crippen molar-refractivity contribution in [3.63, 3.8) is 0 Å². The van der Waals surface area contributed by atoms with E-state index >= 15 is 0 Å². The van der Waals surface area contributed by atoms with E-state index in [4.69, 9.17) is 16.3 Å². The van der Waals surface area contributed by atoms with Crippen molar-refractivity contribution in [1.82, 2.24) is 4.90 Å². The Morgan fingerprint density at radius 1 is 1.04 bits per heavy atom. The van der Waals surface area contributed by atoms with Crippen molar-refractivity contribution in [3.05, 3.63) is 64.7 Å². The molecule has 2 atom stereocenters. The van der Waals surface area contributed by atoms with Gasteiger partial charge in [-0.1, -0.05) is 54.9 Å². The first-order valence-corrected chi connectivity index (χ1v) is 10.4. The Morgan fingerprint density at radius 3 is 2.46 bits per heavy atom. The van der Waals surface area contributed by atoms with E-state index in [9.17, 15) is 5.11 Å². The number of piperazine rings is 1. The summed E-state index contributed by atoms with van der Waals surface area (Å²) in [5, 5.41) is 11.1. The van der Waals surface area contributed by atoms with E-state index < -0.39 is 6.10 Å². The molecule has 0 amide bonds. The van der Waals surface area contributed by atoms with Gasteiger partial charge >= 0.3 is 0 Å². The summed E-state index contributed by atoms with van der Waals surface area (Å²) in [6.07, 6.45) is -0.456. The molecule has 28 heavy (non-hydrogen) atoms. The number of aliphatic hydroxyl groups is 1. The van der Waals surface area contributed by atoms with Gasteiger partial charge in [-0.05, 0) is 30.2 Å². The van der Waals surface area contributed by atoms with Gasteiger partial charge in [0.25, 0.3) is 0 Å². The van der Waals surface area contributed by atoms with E-state index in [2.05, 4.69) is 41.8 Å². The lowest BCUT2D eigenvalue weighted by molar-refractivity contribution is 0.0123. The maximum Gasteiger partial charge on any atom is 0.0900 e. The summed E-state index contributed by atoms with van der Waals surface area (Å²) in [5.41, 5.74) is 3.73. The smallest absolute Gasteiger partial charge is 0.0900 e. The average Bonchev–Trinajstić information content (AvgIpc) is 2.71. The number of anilines is 1. The van der Waals surface area contributed by atoms with E-state index in [0.717, 1.165) is 31.2 Å². The number of aryl methyl sites for hydroxylation is 1. The lowest BCUT2D eigenvalue weighted by Crippen LogP contribution is -2.49. The largest absolute Gasteiger partial charge is 0.389 e. The molecule has 1 aliphatic rings. The summed E-state index contributed by atoms with van der Waals surface area (Å²) in [7, 11) is 0. The molecule has 0 spiro atoms. The number of ether oxygens (including phenoxy) is 1. The predicted molar refractivity (Wildman–Crippen MR) is 117 cm³/mol. The topological polar surface area (TPSA) is 35.9 Å². The molecule has 1 N–H and O–H groups in total. The van der Waals surface area contributed by atoms with Gasteiger partial charge in [0.15, 0.2) is 0 Å². The highest BCUT2D eigenvalue weighted by Gasteiger charge is 2.21. The van der Waals surface area contributed by atoms with Gasteiger partial charge in [-0.15, -0.1) is 0 Å². The summed E-state index contributed by atoms with van der Waals surface area (Å²) in [6, 6.07) is 16.4. The molecular weight excluding hydrogens is 372 g/mol. The van der Waals surface area contributed by atoms with E-state index in [0.29, 0.717) is 25.7 Å². The van der Waals surface area contributed by atoms with Gasteiger partial charge in [0.1, 0.15) is 0 Å². The maximum atomic E-state index is 10.4. The van der Waals surface area contributed by atoms with E-state index in [-0.39, 0.29) is 0 Å². The molecule has 152 valence electrons. The van der Waals surface area contributed by atoms with Crippen LogP contribution < -0.4 is 4.90 Å². The molecule has 0 aromatic heterocycles. The molecule has 1 saturated heterocycles. The quantitative estimate of drug-likeness (QED) is 0.725. The zero-order chi connectivity index (χ0) is 19.9. The van der Waals surface area contributed by atoms with Gasteiger partial charge in [-0.25, -0.2) is 0 Å². The Kier molecular flexibility index (Phi) is 7.74. The fraction of sp³-hybridized carbons (Fsp3) is 0.478. The zero-order valence-corrected chi connectivity index (χ0v) is 17.6. The van der Waals surface area contributed by atoms with Gasteiger partial charge < -0.3 is 14.7 Å². The number of nitrogens with zero attached hydrogens (tertiary/aromatic N) is 2. The molecule has 2 aromatic carbocycles. The molecular formula is C23H31ClN2O2. The first-order valence-electron chi connectivity index (χ1n) is 10.1. The number of benzene rings is 2. The van der Waals surface area contributed by atoms with E-state index in [1.54, 1.807) is 0 Å². The molecule has 5 heteroatoms. The van der Waals surface area contributed by atoms with Crippen molar-refractivity contribution in [1.29, 1.82) is 0 Å². The minimum Gasteiger partial charge on any atom is -0.389 e. The highest BCUT2D eigenvalue weighted by Crippen LogP contribution is 2.25. The summed E-state index contributed by atoms with van der Waals surface area (Å²) >= 11 is 6.16. The molecule has 1 fully saturated rings. The SMILES string of the molecule is Cc1ccc(Cl)cc1N1CCN(CC(O)COCC(C)c2ccccc2)CC1. The number of β-amino-alcohol motifs (C(OH)–C–C–N with tert-alkyl or cyclic N) is 1. The van der Waals surface area contributed by atoms with Gasteiger partial charge in [0.2, 0.25) is 0 Å². The third-order valence-electron chi connectivity index (χ3n) is 5.40. The standard InChI is InChI=1S/C23H31ClN2O2/c1-18-8-9-21(24)14-23(18)26-12-10-25(11-13-26)15-22(27)17-28-16-19(2)20-6-4-3-5-7-20/h3-9,14,19,22,27H,10-13,15-17H2,1-2H3. The highest BCUT2D eigenvalue weighted by atomic mass is 35.5. The number of halogens is 1. The maximum absolute atomic E-state index is 10.4. The van der Waals surface area contributed by atoms with Crippen molar-refractivity contribution in [2.75, 3.05) is 50.8 Å². The van der Waals surface area contributed by atoms with Crippen LogP contribution in [0, 0.1) is 6.92 Å². The Bertz CT molecular complexity index is 733. The first-order chi connectivity index (χ1) is 13.5. The summed E-state index contributed by atoms with van der Waals surface area (Å²) in [6.45, 7) is 9.69. The molecule has 0 saturated carbocycles. The lowest BCUT2D eigenvalue weighted by atomic mass is 10.0. The second-order valence-electron chi connectivity index (χ2n) is 7.72. The number of hydrogen-bond donors (Lipinski definition) is 1. The molecule has 0 aliphatic carbocycles. The molecule has 1 aliphatic heterocycles. The van der Waals surface area contributed by atoms with E-state index in [1.165, 1.54) is 16.8 Å². The van der Waals surface area contributed by atoms with Crippen molar-refractivity contribution in [3.8, 4) is 0 Å². The second kappa shape index (κ2) is 10.3. The van der Waals surface area contributed by atoms with Crippen molar-refractivity contribution >= 4 is 17.3 Å². The molecule has 0 radical (unpaired) electrons. The van der Waals surface area contributed by atoms with Gasteiger partial charge in [0.05, 0.1) is 19.3 Å². The summed E-state index contributed by atoms with van der Waals surface area (Å²) < 4.78 is 5.77. The number of hydrogen-bond acceptors (Lipinski definition) is 4. The highest BCUT2D eigenvalue weighted by molar-refractivity contribution is 6.30. The molecule has 0 bridgehead atoms. The fourth-order valence-electron chi connectivity index (χ4n) is 3.70. The van der Waals surface area contributed by atoms with Crippen LogP contribution in [0.2, 0.25) is 5.02 Å². The lowest BCUT2D eigenvalue weighted by Gasteiger charge is -2.37. The third kappa shape index (κ3) is 5.95. The minimum absolute atomic E-state index is 0.331. The molecule has 2 aromatic rings. The molecule has 3 rings (SSSR count). The summed E-state index contributed by atoms with van der Waals surface area (Å²) in [5.74, 6) is 0.331. The van der Waals surface area contributed by atoms with Gasteiger partial charge in [0, 0.05) is 49.4 Å². The van der Waals surface area contributed by atoms with Crippen LogP contribution in [-0.2, 0) is 4.74 Å². The fourth-order valence-corrected chi connectivity index (χ4v) is 3.87. The number of aliphatic hydroxyl groups excluding tert-OH is 1. The average molecular weight is 403 g/mol. The van der Waals surface area contributed by atoms with Crippen LogP contribution in [0.3, 0.4) is 0 Å². The minimum atomic E-state index is -0.456. The Hall–Kier alpha value is -1.59. The van der Waals surface area contributed by atoms with Crippen molar-refractivity contribution in [2.45, 2.75) is 25.9 Å². The molecule has 1 heterocycles. The number of rotatable bonds is 8. The van der Waals surface area contributed by atoms with Gasteiger partial charge in [-0.2, -0.15) is 0 Å². The monoisotopic (exact) mass is 402 g/mol. The van der Waals surface area contributed by atoms with Crippen LogP contribution in [0.15, 0.2) is 48.5 Å². The van der Waals surface area contributed by atoms with Crippen LogP contribution in [0.4, 0.5) is 5.69 Å².